The molecule has 1 N–H and O–H groups in total. The first-order chi connectivity index (χ1) is 10.2. The molecule has 2 aromatic rings. The van der Waals surface area contributed by atoms with E-state index < -0.39 is 0 Å². The molecule has 1 aromatic heterocycles. The second kappa shape index (κ2) is 5.90. The number of carbonyl (C=O) groups is 1. The maximum atomic E-state index is 12.3. The van der Waals surface area contributed by atoms with Gasteiger partial charge in [-0.15, -0.1) is 0 Å². The highest BCUT2D eigenvalue weighted by atomic mass is 35.5. The van der Waals surface area contributed by atoms with Crippen molar-refractivity contribution in [2.45, 2.75) is 38.6 Å². The number of aromatic nitrogens is 2. The van der Waals surface area contributed by atoms with Gasteiger partial charge >= 0.3 is 0 Å². The molecule has 3 rings (SSSR count). The van der Waals surface area contributed by atoms with Crippen LogP contribution in [-0.4, -0.2) is 21.7 Å². The molecule has 0 saturated heterocycles. The minimum atomic E-state index is -0.0192. The van der Waals surface area contributed by atoms with E-state index in [1.165, 1.54) is 0 Å². The van der Waals surface area contributed by atoms with Crippen molar-refractivity contribution < 1.29 is 4.79 Å². The lowest BCUT2D eigenvalue weighted by atomic mass is 10.1. The van der Waals surface area contributed by atoms with Crippen LogP contribution >= 0.6 is 11.6 Å². The van der Waals surface area contributed by atoms with E-state index in [9.17, 15) is 4.79 Å². The van der Waals surface area contributed by atoms with Gasteiger partial charge < -0.3 is 5.32 Å². The molecular weight excluding hydrogens is 286 g/mol. The number of halogens is 1. The van der Waals surface area contributed by atoms with Crippen molar-refractivity contribution in [2.75, 3.05) is 0 Å². The smallest absolute Gasteiger partial charge is 0.254 e. The molecule has 0 aliphatic heterocycles. The molecule has 0 spiro atoms. The van der Waals surface area contributed by atoms with E-state index in [0.717, 1.165) is 37.1 Å². The van der Waals surface area contributed by atoms with E-state index in [4.69, 9.17) is 11.6 Å². The molecule has 0 atom stereocenters. The van der Waals surface area contributed by atoms with Crippen LogP contribution in [0.25, 0.3) is 5.69 Å². The molecule has 1 aromatic carbocycles. The first kappa shape index (κ1) is 14.1. The van der Waals surface area contributed by atoms with Crippen LogP contribution in [0.2, 0.25) is 5.02 Å². The van der Waals surface area contributed by atoms with Crippen molar-refractivity contribution in [3.05, 3.63) is 46.7 Å². The van der Waals surface area contributed by atoms with Crippen LogP contribution in [-0.2, 0) is 6.42 Å². The largest absolute Gasteiger partial charge is 0.349 e. The fraction of sp³-hybridized carbons (Fsp3) is 0.375. The number of amides is 1. The zero-order valence-electron chi connectivity index (χ0n) is 12.0. The summed E-state index contributed by atoms with van der Waals surface area (Å²) in [7, 11) is 0. The van der Waals surface area contributed by atoms with Crippen molar-refractivity contribution in [3.63, 3.8) is 0 Å². The normalized spacial score (nSPS) is 14.2. The van der Waals surface area contributed by atoms with Crippen LogP contribution in [0.15, 0.2) is 30.5 Å². The topological polar surface area (TPSA) is 46.9 Å². The standard InChI is InChI=1S/C16H18ClN3O/c1-2-4-15-14(16(21)19-12-7-8-12)10-18-20(15)13-6-3-5-11(17)9-13/h3,5-6,9-10,12H,2,4,7-8H2,1H3,(H,19,21). The molecule has 21 heavy (non-hydrogen) atoms. The van der Waals surface area contributed by atoms with E-state index in [0.29, 0.717) is 16.6 Å². The zero-order valence-corrected chi connectivity index (χ0v) is 12.7. The summed E-state index contributed by atoms with van der Waals surface area (Å²) in [4.78, 5) is 12.3. The molecule has 0 unspecified atom stereocenters. The van der Waals surface area contributed by atoms with Crippen LogP contribution in [0.1, 0.15) is 42.2 Å². The number of benzene rings is 1. The van der Waals surface area contributed by atoms with Crippen molar-refractivity contribution in [2.24, 2.45) is 0 Å². The molecule has 0 radical (unpaired) electrons. The molecular formula is C16H18ClN3O. The Labute approximate surface area is 129 Å². The van der Waals surface area contributed by atoms with E-state index in [1.54, 1.807) is 6.20 Å². The van der Waals surface area contributed by atoms with Gasteiger partial charge in [-0.2, -0.15) is 5.10 Å². The third-order valence-corrected chi connectivity index (χ3v) is 3.80. The molecule has 1 amide bonds. The summed E-state index contributed by atoms with van der Waals surface area (Å²) in [5.74, 6) is -0.0192. The summed E-state index contributed by atoms with van der Waals surface area (Å²) in [6.45, 7) is 2.10. The van der Waals surface area contributed by atoms with Crippen LogP contribution in [0, 0.1) is 0 Å². The first-order valence-electron chi connectivity index (χ1n) is 7.32. The molecule has 4 nitrogen and oxygen atoms in total. The summed E-state index contributed by atoms with van der Waals surface area (Å²) >= 11 is 6.05. The molecule has 1 heterocycles. The van der Waals surface area contributed by atoms with Gasteiger partial charge in [-0.05, 0) is 37.5 Å². The number of nitrogens with one attached hydrogen (secondary N) is 1. The van der Waals surface area contributed by atoms with E-state index in [2.05, 4.69) is 17.3 Å². The van der Waals surface area contributed by atoms with E-state index in [-0.39, 0.29) is 5.91 Å². The Bertz CT molecular complexity index is 661. The summed E-state index contributed by atoms with van der Waals surface area (Å²) in [6.07, 6.45) is 5.58. The zero-order chi connectivity index (χ0) is 14.8. The monoisotopic (exact) mass is 303 g/mol. The second-order valence-electron chi connectivity index (χ2n) is 5.39. The fourth-order valence-corrected chi connectivity index (χ4v) is 2.55. The van der Waals surface area contributed by atoms with Gasteiger partial charge in [0, 0.05) is 11.1 Å². The highest BCUT2D eigenvalue weighted by molar-refractivity contribution is 6.30. The quantitative estimate of drug-likeness (QED) is 0.920. The lowest BCUT2D eigenvalue weighted by Crippen LogP contribution is -2.26. The summed E-state index contributed by atoms with van der Waals surface area (Å²) in [5, 5.41) is 8.08. The van der Waals surface area contributed by atoms with Gasteiger partial charge in [-0.1, -0.05) is 31.0 Å². The van der Waals surface area contributed by atoms with Gasteiger partial charge in [0.25, 0.3) is 5.91 Å². The van der Waals surface area contributed by atoms with Crippen molar-refractivity contribution in [1.29, 1.82) is 0 Å². The van der Waals surface area contributed by atoms with E-state index in [1.807, 2.05) is 28.9 Å². The molecule has 1 saturated carbocycles. The minimum Gasteiger partial charge on any atom is -0.349 e. The van der Waals surface area contributed by atoms with Crippen molar-refractivity contribution in [1.82, 2.24) is 15.1 Å². The Kier molecular flexibility index (Phi) is 3.97. The van der Waals surface area contributed by atoms with Gasteiger partial charge in [0.2, 0.25) is 0 Å². The Morgan fingerprint density at radius 1 is 1.48 bits per heavy atom. The van der Waals surface area contributed by atoms with Gasteiger partial charge in [0.05, 0.1) is 23.1 Å². The molecule has 0 bridgehead atoms. The Morgan fingerprint density at radius 2 is 2.29 bits per heavy atom. The van der Waals surface area contributed by atoms with Crippen molar-refractivity contribution >= 4 is 17.5 Å². The van der Waals surface area contributed by atoms with Crippen LogP contribution in [0.3, 0.4) is 0 Å². The van der Waals surface area contributed by atoms with Gasteiger partial charge in [0.15, 0.2) is 0 Å². The highest BCUT2D eigenvalue weighted by Gasteiger charge is 2.26. The Balaban J connectivity index is 1.96. The number of hydrogen-bond donors (Lipinski definition) is 1. The van der Waals surface area contributed by atoms with Crippen LogP contribution < -0.4 is 5.32 Å². The highest BCUT2D eigenvalue weighted by Crippen LogP contribution is 2.22. The molecule has 5 heteroatoms. The average Bonchev–Trinajstić information content (AvgIpc) is 3.17. The fourth-order valence-electron chi connectivity index (χ4n) is 2.36. The summed E-state index contributed by atoms with van der Waals surface area (Å²) in [6, 6.07) is 7.87. The minimum absolute atomic E-state index is 0.0192. The number of hydrogen-bond acceptors (Lipinski definition) is 2. The maximum absolute atomic E-state index is 12.3. The Morgan fingerprint density at radius 3 is 2.95 bits per heavy atom. The van der Waals surface area contributed by atoms with Gasteiger partial charge in [-0.3, -0.25) is 4.79 Å². The number of rotatable bonds is 5. The predicted molar refractivity (Wildman–Crippen MR) is 83.1 cm³/mol. The number of carbonyl (C=O) groups excluding carboxylic acids is 1. The van der Waals surface area contributed by atoms with Gasteiger partial charge in [0.1, 0.15) is 0 Å². The summed E-state index contributed by atoms with van der Waals surface area (Å²) in [5.41, 5.74) is 2.50. The molecule has 1 aliphatic carbocycles. The third kappa shape index (κ3) is 3.10. The Hall–Kier alpha value is -1.81. The lowest BCUT2D eigenvalue weighted by molar-refractivity contribution is 0.0950. The predicted octanol–water partition coefficient (Wildman–Crippen LogP) is 3.37. The van der Waals surface area contributed by atoms with E-state index >= 15 is 0 Å². The first-order valence-corrected chi connectivity index (χ1v) is 7.70. The SMILES string of the molecule is CCCc1c(C(=O)NC2CC2)cnn1-c1cccc(Cl)c1. The molecule has 1 fully saturated rings. The van der Waals surface area contributed by atoms with Crippen LogP contribution in [0.4, 0.5) is 0 Å². The van der Waals surface area contributed by atoms with Crippen LogP contribution in [0.5, 0.6) is 0 Å². The van der Waals surface area contributed by atoms with Crippen molar-refractivity contribution in [3.8, 4) is 5.69 Å². The molecule has 110 valence electrons. The lowest BCUT2D eigenvalue weighted by Gasteiger charge is -2.09. The maximum Gasteiger partial charge on any atom is 0.254 e. The average molecular weight is 304 g/mol. The summed E-state index contributed by atoms with van der Waals surface area (Å²) < 4.78 is 1.82. The number of nitrogens with zero attached hydrogens (tertiary/aromatic N) is 2. The third-order valence-electron chi connectivity index (χ3n) is 3.57. The van der Waals surface area contributed by atoms with Gasteiger partial charge in [-0.25, -0.2) is 4.68 Å². The second-order valence-corrected chi connectivity index (χ2v) is 5.83. The molecule has 1 aliphatic rings.